The maximum absolute atomic E-state index is 12.3. The van der Waals surface area contributed by atoms with Crippen molar-refractivity contribution < 1.29 is 4.79 Å². The number of nitrogens with two attached hydrogens (primary N) is 1. The number of benzene rings is 2. The van der Waals surface area contributed by atoms with E-state index in [9.17, 15) is 4.79 Å². The van der Waals surface area contributed by atoms with E-state index in [0.717, 1.165) is 22.0 Å². The Morgan fingerprint density at radius 1 is 1.09 bits per heavy atom. The van der Waals surface area contributed by atoms with E-state index in [1.165, 1.54) is 0 Å². The molecule has 0 saturated heterocycles. The topological polar surface area (TPSA) is 55.1 Å². The number of hydrogen-bond donors (Lipinski definition) is 2. The van der Waals surface area contributed by atoms with Crippen molar-refractivity contribution in [1.29, 1.82) is 0 Å². The number of rotatable bonds is 6. The molecular weight excluding hydrogens is 376 g/mol. The van der Waals surface area contributed by atoms with E-state index >= 15 is 0 Å². The fraction of sp³-hybridized carbons (Fsp3) is 0.278. The lowest BCUT2D eigenvalue weighted by Gasteiger charge is -2.22. The quantitative estimate of drug-likeness (QED) is 0.767. The van der Waals surface area contributed by atoms with E-state index < -0.39 is 6.04 Å². The van der Waals surface area contributed by atoms with Crippen LogP contribution in [-0.2, 0) is 4.79 Å². The van der Waals surface area contributed by atoms with Gasteiger partial charge in [0, 0.05) is 4.47 Å². The Hall–Kier alpha value is -1.36. The second-order valence-corrected chi connectivity index (χ2v) is 6.21. The van der Waals surface area contributed by atoms with Gasteiger partial charge in [-0.1, -0.05) is 71.7 Å². The van der Waals surface area contributed by atoms with E-state index in [1.54, 1.807) is 0 Å². The number of carbonyl (C=O) groups excluding carboxylic acids is 1. The SMILES string of the molecule is CCCC(N)C(=O)NC(c1ccccc1)c1ccc(Br)cc1.Cl. The zero-order chi connectivity index (χ0) is 15.9. The largest absolute Gasteiger partial charge is 0.344 e. The van der Waals surface area contributed by atoms with Crippen molar-refractivity contribution in [1.82, 2.24) is 5.32 Å². The highest BCUT2D eigenvalue weighted by molar-refractivity contribution is 9.10. The van der Waals surface area contributed by atoms with Crippen LogP contribution in [0.3, 0.4) is 0 Å². The first kappa shape index (κ1) is 19.7. The van der Waals surface area contributed by atoms with E-state index in [0.29, 0.717) is 6.42 Å². The Morgan fingerprint density at radius 3 is 2.22 bits per heavy atom. The van der Waals surface area contributed by atoms with Crippen LogP contribution >= 0.6 is 28.3 Å². The molecule has 2 unspecified atom stereocenters. The normalized spacial score (nSPS) is 12.8. The molecule has 5 heteroatoms. The fourth-order valence-corrected chi connectivity index (χ4v) is 2.62. The molecule has 0 saturated carbocycles. The van der Waals surface area contributed by atoms with Gasteiger partial charge < -0.3 is 11.1 Å². The summed E-state index contributed by atoms with van der Waals surface area (Å²) in [4.78, 5) is 12.3. The third-order valence-corrected chi connectivity index (χ3v) is 4.09. The average molecular weight is 398 g/mol. The summed E-state index contributed by atoms with van der Waals surface area (Å²) in [5.41, 5.74) is 8.01. The molecule has 3 nitrogen and oxygen atoms in total. The van der Waals surface area contributed by atoms with Gasteiger partial charge in [0.05, 0.1) is 12.1 Å². The first-order valence-electron chi connectivity index (χ1n) is 7.48. The Kier molecular flexibility index (Phi) is 8.31. The number of amides is 1. The van der Waals surface area contributed by atoms with Crippen molar-refractivity contribution in [2.24, 2.45) is 5.73 Å². The smallest absolute Gasteiger partial charge is 0.237 e. The number of nitrogens with one attached hydrogen (secondary N) is 1. The van der Waals surface area contributed by atoms with Crippen molar-refractivity contribution in [2.45, 2.75) is 31.8 Å². The van der Waals surface area contributed by atoms with Gasteiger partial charge in [0.15, 0.2) is 0 Å². The lowest BCUT2D eigenvalue weighted by Crippen LogP contribution is -2.42. The van der Waals surface area contributed by atoms with Gasteiger partial charge in [0.25, 0.3) is 0 Å². The van der Waals surface area contributed by atoms with Crippen molar-refractivity contribution in [2.75, 3.05) is 0 Å². The molecule has 2 atom stereocenters. The minimum atomic E-state index is -0.466. The van der Waals surface area contributed by atoms with Crippen LogP contribution < -0.4 is 11.1 Å². The number of carbonyl (C=O) groups is 1. The lowest BCUT2D eigenvalue weighted by atomic mass is 9.98. The standard InChI is InChI=1S/C18H21BrN2O.ClH/c1-2-6-16(20)18(22)21-17(13-7-4-3-5-8-13)14-9-11-15(19)12-10-14;/h3-5,7-12,16-17H,2,6,20H2,1H3,(H,21,22);1H. The molecule has 1 amide bonds. The summed E-state index contributed by atoms with van der Waals surface area (Å²) in [6.45, 7) is 2.02. The molecule has 23 heavy (non-hydrogen) atoms. The van der Waals surface area contributed by atoms with Crippen molar-refractivity contribution in [3.05, 3.63) is 70.2 Å². The fourth-order valence-electron chi connectivity index (χ4n) is 2.35. The predicted octanol–water partition coefficient (Wildman–Crippen LogP) is 4.20. The average Bonchev–Trinajstić information content (AvgIpc) is 2.54. The molecule has 0 radical (unpaired) electrons. The molecule has 0 bridgehead atoms. The number of halogens is 2. The van der Waals surface area contributed by atoms with Crippen LogP contribution in [0.1, 0.15) is 36.9 Å². The Bertz CT molecular complexity index is 604. The molecule has 2 rings (SSSR count). The minimum absolute atomic E-state index is 0. The monoisotopic (exact) mass is 396 g/mol. The highest BCUT2D eigenvalue weighted by Gasteiger charge is 2.20. The van der Waals surface area contributed by atoms with E-state index in [4.69, 9.17) is 5.73 Å². The van der Waals surface area contributed by atoms with E-state index in [-0.39, 0.29) is 24.4 Å². The highest BCUT2D eigenvalue weighted by atomic mass is 79.9. The van der Waals surface area contributed by atoms with Crippen LogP contribution in [0.15, 0.2) is 59.1 Å². The highest BCUT2D eigenvalue weighted by Crippen LogP contribution is 2.23. The van der Waals surface area contributed by atoms with Crippen molar-refractivity contribution >= 4 is 34.2 Å². The van der Waals surface area contributed by atoms with Gasteiger partial charge in [0.1, 0.15) is 0 Å². The van der Waals surface area contributed by atoms with Crippen LogP contribution in [0.4, 0.5) is 0 Å². The van der Waals surface area contributed by atoms with Gasteiger partial charge in [0.2, 0.25) is 5.91 Å². The molecule has 0 aliphatic carbocycles. The van der Waals surface area contributed by atoms with Crippen LogP contribution in [0.2, 0.25) is 0 Å². The molecule has 0 aromatic heterocycles. The summed E-state index contributed by atoms with van der Waals surface area (Å²) in [5.74, 6) is -0.112. The van der Waals surface area contributed by atoms with Crippen LogP contribution in [0, 0.1) is 0 Å². The third kappa shape index (κ3) is 5.65. The van der Waals surface area contributed by atoms with Crippen LogP contribution in [-0.4, -0.2) is 11.9 Å². The second-order valence-electron chi connectivity index (χ2n) is 5.30. The van der Waals surface area contributed by atoms with Crippen LogP contribution in [0.5, 0.6) is 0 Å². The summed E-state index contributed by atoms with van der Waals surface area (Å²) in [5, 5.41) is 3.07. The zero-order valence-corrected chi connectivity index (χ0v) is 15.4. The van der Waals surface area contributed by atoms with Crippen molar-refractivity contribution in [3.63, 3.8) is 0 Å². The second kappa shape index (κ2) is 9.71. The van der Waals surface area contributed by atoms with Gasteiger partial charge >= 0.3 is 0 Å². The summed E-state index contributed by atoms with van der Waals surface area (Å²) in [6, 6.07) is 17.2. The summed E-state index contributed by atoms with van der Waals surface area (Å²) in [6.07, 6.45) is 1.58. The Balaban J connectivity index is 0.00000264. The van der Waals surface area contributed by atoms with Crippen LogP contribution in [0.25, 0.3) is 0 Å². The molecule has 2 aromatic rings. The lowest BCUT2D eigenvalue weighted by molar-refractivity contribution is -0.123. The molecule has 124 valence electrons. The molecule has 0 spiro atoms. The van der Waals surface area contributed by atoms with Gasteiger partial charge in [-0.25, -0.2) is 0 Å². The Morgan fingerprint density at radius 2 is 1.65 bits per heavy atom. The first-order chi connectivity index (χ1) is 10.6. The van der Waals surface area contributed by atoms with Gasteiger partial charge in [-0.15, -0.1) is 12.4 Å². The molecule has 2 aromatic carbocycles. The zero-order valence-electron chi connectivity index (χ0n) is 13.0. The van der Waals surface area contributed by atoms with Gasteiger partial charge in [-0.2, -0.15) is 0 Å². The molecule has 0 fully saturated rings. The predicted molar refractivity (Wildman–Crippen MR) is 101 cm³/mol. The third-order valence-electron chi connectivity index (χ3n) is 3.56. The van der Waals surface area contributed by atoms with Gasteiger partial charge in [-0.05, 0) is 29.7 Å². The number of hydrogen-bond acceptors (Lipinski definition) is 2. The molecule has 0 aliphatic heterocycles. The maximum Gasteiger partial charge on any atom is 0.237 e. The molecule has 3 N–H and O–H groups in total. The minimum Gasteiger partial charge on any atom is -0.344 e. The molecular formula is C18H22BrClN2O. The maximum atomic E-state index is 12.3. The van der Waals surface area contributed by atoms with Gasteiger partial charge in [-0.3, -0.25) is 4.79 Å². The first-order valence-corrected chi connectivity index (χ1v) is 8.27. The molecule has 0 heterocycles. The van der Waals surface area contributed by atoms with E-state index in [1.807, 2.05) is 61.5 Å². The Labute approximate surface area is 152 Å². The molecule has 0 aliphatic rings. The summed E-state index contributed by atoms with van der Waals surface area (Å²) in [7, 11) is 0. The van der Waals surface area contributed by atoms with Crippen molar-refractivity contribution in [3.8, 4) is 0 Å². The summed E-state index contributed by atoms with van der Waals surface area (Å²) >= 11 is 3.44. The van der Waals surface area contributed by atoms with E-state index in [2.05, 4.69) is 21.2 Å². The summed E-state index contributed by atoms with van der Waals surface area (Å²) < 4.78 is 1.01.